The lowest BCUT2D eigenvalue weighted by molar-refractivity contribution is -0.140. The highest BCUT2D eigenvalue weighted by atomic mass is 16.4. The molecular formula is C14H17N3O3. The lowest BCUT2D eigenvalue weighted by Gasteiger charge is -2.19. The Labute approximate surface area is 116 Å². The van der Waals surface area contributed by atoms with Crippen molar-refractivity contribution in [2.75, 3.05) is 0 Å². The maximum absolute atomic E-state index is 12.2. The molecule has 0 aliphatic heterocycles. The first-order chi connectivity index (χ1) is 9.54. The fourth-order valence-corrected chi connectivity index (χ4v) is 2.03. The van der Waals surface area contributed by atoms with Gasteiger partial charge in [0.2, 0.25) is 0 Å². The van der Waals surface area contributed by atoms with E-state index in [0.717, 1.165) is 5.52 Å². The number of benzene rings is 1. The summed E-state index contributed by atoms with van der Waals surface area (Å²) in [6.07, 6.45) is 0.665. The Balaban J connectivity index is 2.25. The normalized spacial score (nSPS) is 13.9. The summed E-state index contributed by atoms with van der Waals surface area (Å²) in [7, 11) is 0. The van der Waals surface area contributed by atoms with Gasteiger partial charge < -0.3 is 10.4 Å². The van der Waals surface area contributed by atoms with Crippen LogP contribution in [-0.2, 0) is 4.79 Å². The molecule has 1 amide bonds. The van der Waals surface area contributed by atoms with E-state index >= 15 is 0 Å². The first-order valence-corrected chi connectivity index (χ1v) is 6.51. The Hall–Kier alpha value is -2.37. The molecule has 0 bridgehead atoms. The smallest absolute Gasteiger partial charge is 0.326 e. The molecule has 0 aliphatic carbocycles. The largest absolute Gasteiger partial charge is 0.480 e. The zero-order chi connectivity index (χ0) is 14.7. The summed E-state index contributed by atoms with van der Waals surface area (Å²) < 4.78 is 0. The van der Waals surface area contributed by atoms with E-state index in [1.807, 2.05) is 19.1 Å². The van der Waals surface area contributed by atoms with Crippen LogP contribution in [0.15, 0.2) is 24.3 Å². The minimum absolute atomic E-state index is 0.151. The second-order valence-electron chi connectivity index (χ2n) is 4.79. The Morgan fingerprint density at radius 1 is 1.40 bits per heavy atom. The van der Waals surface area contributed by atoms with Crippen LogP contribution in [0, 0.1) is 5.92 Å². The SMILES string of the molecule is CCC(C)C(NC(=O)c1n[nH]c2ccccc12)C(=O)O. The van der Waals surface area contributed by atoms with Crippen molar-refractivity contribution < 1.29 is 14.7 Å². The van der Waals surface area contributed by atoms with Crippen LogP contribution in [0.5, 0.6) is 0 Å². The average Bonchev–Trinajstić information content (AvgIpc) is 2.87. The van der Waals surface area contributed by atoms with Crippen molar-refractivity contribution in [3.05, 3.63) is 30.0 Å². The van der Waals surface area contributed by atoms with E-state index in [-0.39, 0.29) is 11.6 Å². The van der Waals surface area contributed by atoms with E-state index in [2.05, 4.69) is 15.5 Å². The number of H-pyrrole nitrogens is 1. The summed E-state index contributed by atoms with van der Waals surface area (Å²) in [4.78, 5) is 23.4. The molecule has 0 fully saturated rings. The summed E-state index contributed by atoms with van der Waals surface area (Å²) in [6.45, 7) is 3.68. The number of fused-ring (bicyclic) bond motifs is 1. The van der Waals surface area contributed by atoms with Gasteiger partial charge in [-0.15, -0.1) is 0 Å². The molecule has 20 heavy (non-hydrogen) atoms. The molecule has 6 heteroatoms. The van der Waals surface area contributed by atoms with E-state index in [1.165, 1.54) is 0 Å². The molecule has 2 aromatic rings. The minimum atomic E-state index is -1.03. The summed E-state index contributed by atoms with van der Waals surface area (Å²) >= 11 is 0. The van der Waals surface area contributed by atoms with Crippen molar-refractivity contribution >= 4 is 22.8 Å². The number of carbonyl (C=O) groups is 2. The van der Waals surface area contributed by atoms with Gasteiger partial charge in [0.05, 0.1) is 5.52 Å². The number of hydrogen-bond acceptors (Lipinski definition) is 3. The van der Waals surface area contributed by atoms with Crippen LogP contribution < -0.4 is 5.32 Å². The topological polar surface area (TPSA) is 95.1 Å². The van der Waals surface area contributed by atoms with Crippen LogP contribution in [0.3, 0.4) is 0 Å². The highest BCUT2D eigenvalue weighted by molar-refractivity contribution is 6.05. The third-order valence-electron chi connectivity index (χ3n) is 3.45. The van der Waals surface area contributed by atoms with Crippen LogP contribution in [0.1, 0.15) is 30.8 Å². The highest BCUT2D eigenvalue weighted by Crippen LogP contribution is 2.16. The van der Waals surface area contributed by atoms with Crippen molar-refractivity contribution in [1.29, 1.82) is 0 Å². The zero-order valence-electron chi connectivity index (χ0n) is 11.4. The lowest BCUT2D eigenvalue weighted by atomic mass is 9.99. The number of carboxylic acid groups (broad SMARTS) is 1. The van der Waals surface area contributed by atoms with Gasteiger partial charge in [-0.25, -0.2) is 4.79 Å². The summed E-state index contributed by atoms with van der Waals surface area (Å²) in [5, 5.41) is 19.1. The Kier molecular flexibility index (Phi) is 4.02. The maximum atomic E-state index is 12.2. The molecule has 6 nitrogen and oxygen atoms in total. The number of rotatable bonds is 5. The quantitative estimate of drug-likeness (QED) is 0.775. The molecule has 1 aromatic heterocycles. The standard InChI is InChI=1S/C14H17N3O3/c1-3-8(2)11(14(19)20)15-13(18)12-9-6-4-5-7-10(9)16-17-12/h4-8,11H,3H2,1-2H3,(H,15,18)(H,16,17)(H,19,20). The third kappa shape index (κ3) is 2.64. The minimum Gasteiger partial charge on any atom is -0.480 e. The predicted octanol–water partition coefficient (Wildman–Crippen LogP) is 1.79. The van der Waals surface area contributed by atoms with Gasteiger partial charge in [0.25, 0.3) is 5.91 Å². The molecule has 0 radical (unpaired) electrons. The molecule has 0 aliphatic rings. The summed E-state index contributed by atoms with van der Waals surface area (Å²) in [5.74, 6) is -1.66. The van der Waals surface area contributed by atoms with Crippen molar-refractivity contribution in [1.82, 2.24) is 15.5 Å². The predicted molar refractivity (Wildman–Crippen MR) is 74.4 cm³/mol. The first kappa shape index (κ1) is 14.0. The van der Waals surface area contributed by atoms with E-state index in [0.29, 0.717) is 11.8 Å². The average molecular weight is 275 g/mol. The van der Waals surface area contributed by atoms with Gasteiger partial charge in [0.15, 0.2) is 5.69 Å². The molecule has 0 saturated carbocycles. The van der Waals surface area contributed by atoms with Gasteiger partial charge in [0, 0.05) is 5.39 Å². The Morgan fingerprint density at radius 3 is 2.75 bits per heavy atom. The molecule has 0 saturated heterocycles. The molecule has 3 N–H and O–H groups in total. The lowest BCUT2D eigenvalue weighted by Crippen LogP contribution is -2.45. The van der Waals surface area contributed by atoms with Crippen LogP contribution in [0.2, 0.25) is 0 Å². The number of hydrogen-bond donors (Lipinski definition) is 3. The van der Waals surface area contributed by atoms with Crippen molar-refractivity contribution in [3.63, 3.8) is 0 Å². The fourth-order valence-electron chi connectivity index (χ4n) is 2.03. The van der Waals surface area contributed by atoms with Crippen molar-refractivity contribution in [2.24, 2.45) is 5.92 Å². The summed E-state index contributed by atoms with van der Waals surface area (Å²) in [6, 6.07) is 6.30. The number of aromatic amines is 1. The second-order valence-corrected chi connectivity index (χ2v) is 4.79. The molecule has 1 heterocycles. The Morgan fingerprint density at radius 2 is 2.10 bits per heavy atom. The van der Waals surface area contributed by atoms with Gasteiger partial charge in [-0.2, -0.15) is 5.10 Å². The highest BCUT2D eigenvalue weighted by Gasteiger charge is 2.27. The van der Waals surface area contributed by atoms with E-state index in [4.69, 9.17) is 0 Å². The van der Waals surface area contributed by atoms with Gasteiger partial charge >= 0.3 is 5.97 Å². The van der Waals surface area contributed by atoms with E-state index in [9.17, 15) is 14.7 Å². The number of carboxylic acids is 1. The zero-order valence-corrected chi connectivity index (χ0v) is 11.4. The van der Waals surface area contributed by atoms with Gasteiger partial charge in [-0.3, -0.25) is 9.89 Å². The number of para-hydroxylation sites is 1. The number of carbonyl (C=O) groups excluding carboxylic acids is 1. The first-order valence-electron chi connectivity index (χ1n) is 6.51. The number of nitrogens with zero attached hydrogens (tertiary/aromatic N) is 1. The monoisotopic (exact) mass is 275 g/mol. The fraction of sp³-hybridized carbons (Fsp3) is 0.357. The molecule has 0 spiro atoms. The third-order valence-corrected chi connectivity index (χ3v) is 3.45. The molecular weight excluding hydrogens is 258 g/mol. The Bertz CT molecular complexity index is 635. The van der Waals surface area contributed by atoms with Gasteiger partial charge in [-0.1, -0.05) is 38.5 Å². The molecule has 2 rings (SSSR count). The summed E-state index contributed by atoms with van der Waals surface area (Å²) in [5.41, 5.74) is 0.961. The van der Waals surface area contributed by atoms with Crippen molar-refractivity contribution in [3.8, 4) is 0 Å². The van der Waals surface area contributed by atoms with Crippen LogP contribution in [0.25, 0.3) is 10.9 Å². The molecule has 1 aromatic carbocycles. The van der Waals surface area contributed by atoms with E-state index < -0.39 is 17.9 Å². The second kappa shape index (κ2) is 5.73. The van der Waals surface area contributed by atoms with Crippen molar-refractivity contribution in [2.45, 2.75) is 26.3 Å². The van der Waals surface area contributed by atoms with Gasteiger partial charge in [-0.05, 0) is 12.0 Å². The number of nitrogens with one attached hydrogen (secondary N) is 2. The van der Waals surface area contributed by atoms with Gasteiger partial charge in [0.1, 0.15) is 6.04 Å². The maximum Gasteiger partial charge on any atom is 0.326 e. The molecule has 2 atom stereocenters. The molecule has 106 valence electrons. The van der Waals surface area contributed by atoms with Crippen LogP contribution >= 0.6 is 0 Å². The van der Waals surface area contributed by atoms with Crippen LogP contribution in [-0.4, -0.2) is 33.2 Å². The molecule has 2 unspecified atom stereocenters. The number of amides is 1. The van der Waals surface area contributed by atoms with E-state index in [1.54, 1.807) is 19.1 Å². The number of aliphatic carboxylic acids is 1. The van der Waals surface area contributed by atoms with Crippen LogP contribution in [0.4, 0.5) is 0 Å². The number of aromatic nitrogens is 2.